The summed E-state index contributed by atoms with van der Waals surface area (Å²) in [7, 11) is 0. The standard InChI is InChI=1S/C18H24N6O3/c1-17(2,3)26-15-11(9-19-16(20-15)27-18(4,5)6)12-8-10-13(22-21-12)24(7)23-14(10)25/h8-9H,1-7H3,(H,23,25)/i7D3. The maximum Gasteiger partial charge on any atom is 0.320 e. The zero-order chi connectivity index (χ0) is 22.5. The van der Waals surface area contributed by atoms with Gasteiger partial charge < -0.3 is 9.47 Å². The average Bonchev–Trinajstić information content (AvgIpc) is 2.89. The predicted molar refractivity (Wildman–Crippen MR) is 101 cm³/mol. The molecule has 0 bridgehead atoms. The van der Waals surface area contributed by atoms with Crippen LogP contribution in [0, 0.1) is 0 Å². The summed E-state index contributed by atoms with van der Waals surface area (Å²) in [6.07, 6.45) is 1.47. The fraction of sp³-hybridized carbons (Fsp3) is 0.500. The van der Waals surface area contributed by atoms with E-state index in [2.05, 4.69) is 25.3 Å². The maximum atomic E-state index is 12.3. The molecule has 0 amide bonds. The van der Waals surface area contributed by atoms with Crippen LogP contribution in [0.1, 0.15) is 45.7 Å². The van der Waals surface area contributed by atoms with Crippen LogP contribution >= 0.6 is 0 Å². The lowest BCUT2D eigenvalue weighted by Crippen LogP contribution is -2.26. The lowest BCUT2D eigenvalue weighted by atomic mass is 10.1. The number of hydrogen-bond donors (Lipinski definition) is 1. The van der Waals surface area contributed by atoms with Gasteiger partial charge in [-0.15, -0.1) is 10.2 Å². The zero-order valence-electron chi connectivity index (χ0n) is 19.1. The van der Waals surface area contributed by atoms with Gasteiger partial charge in [-0.2, -0.15) is 4.98 Å². The van der Waals surface area contributed by atoms with E-state index >= 15 is 0 Å². The van der Waals surface area contributed by atoms with Crippen molar-refractivity contribution in [3.8, 4) is 23.1 Å². The lowest BCUT2D eigenvalue weighted by molar-refractivity contribution is 0.103. The molecule has 0 aromatic carbocycles. The van der Waals surface area contributed by atoms with E-state index in [1.807, 2.05) is 41.5 Å². The SMILES string of the molecule is [2H]C([2H])([2H])n1[nH]c(=O)c2cc(-c3cnc(OC(C)(C)C)nc3OC(C)(C)C)nnc21. The van der Waals surface area contributed by atoms with Crippen LogP contribution in [0.4, 0.5) is 0 Å². The van der Waals surface area contributed by atoms with Gasteiger partial charge in [0.05, 0.1) is 10.9 Å². The van der Waals surface area contributed by atoms with Gasteiger partial charge in [0.1, 0.15) is 16.9 Å². The molecule has 1 N–H and O–H groups in total. The number of ether oxygens (including phenoxy) is 2. The molecule has 0 saturated heterocycles. The quantitative estimate of drug-likeness (QED) is 0.749. The fourth-order valence-electron chi connectivity index (χ4n) is 2.28. The third kappa shape index (κ3) is 4.24. The number of nitrogens with zero attached hydrogens (tertiary/aromatic N) is 5. The Kier molecular flexibility index (Phi) is 3.54. The molecule has 9 heteroatoms. The van der Waals surface area contributed by atoms with E-state index in [9.17, 15) is 4.79 Å². The first-order chi connectivity index (χ1) is 13.6. The Labute approximate surface area is 161 Å². The molecular weight excluding hydrogens is 348 g/mol. The molecule has 0 aliphatic heterocycles. The Morgan fingerprint density at radius 3 is 2.44 bits per heavy atom. The summed E-state index contributed by atoms with van der Waals surface area (Å²) in [5.74, 6) is 0.206. The highest BCUT2D eigenvalue weighted by molar-refractivity contribution is 5.79. The zero-order valence-corrected chi connectivity index (χ0v) is 16.1. The molecule has 0 aliphatic rings. The number of H-pyrrole nitrogens is 1. The van der Waals surface area contributed by atoms with Gasteiger partial charge in [0.15, 0.2) is 5.65 Å². The van der Waals surface area contributed by atoms with E-state index in [0.29, 0.717) is 10.2 Å². The van der Waals surface area contributed by atoms with Crippen molar-refractivity contribution in [3.63, 3.8) is 0 Å². The van der Waals surface area contributed by atoms with Crippen molar-refractivity contribution in [1.29, 1.82) is 0 Å². The van der Waals surface area contributed by atoms with Crippen LogP contribution in [-0.4, -0.2) is 41.1 Å². The van der Waals surface area contributed by atoms with Crippen molar-refractivity contribution >= 4 is 11.0 Å². The number of fused-ring (bicyclic) bond motifs is 1. The highest BCUT2D eigenvalue weighted by atomic mass is 16.5. The highest BCUT2D eigenvalue weighted by Crippen LogP contribution is 2.31. The van der Waals surface area contributed by atoms with Gasteiger partial charge in [-0.1, -0.05) is 0 Å². The number of nitrogens with one attached hydrogen (secondary N) is 1. The van der Waals surface area contributed by atoms with E-state index in [-0.39, 0.29) is 28.6 Å². The minimum atomic E-state index is -2.59. The molecule has 0 fully saturated rings. The van der Waals surface area contributed by atoms with Gasteiger partial charge in [-0.05, 0) is 47.6 Å². The highest BCUT2D eigenvalue weighted by Gasteiger charge is 2.22. The van der Waals surface area contributed by atoms with Crippen LogP contribution in [0.5, 0.6) is 11.9 Å². The van der Waals surface area contributed by atoms with Crippen LogP contribution < -0.4 is 15.0 Å². The van der Waals surface area contributed by atoms with Crippen molar-refractivity contribution in [3.05, 3.63) is 22.6 Å². The van der Waals surface area contributed by atoms with Gasteiger partial charge in [0, 0.05) is 17.3 Å². The van der Waals surface area contributed by atoms with Gasteiger partial charge in [-0.3, -0.25) is 14.6 Å². The molecule has 27 heavy (non-hydrogen) atoms. The third-order valence-electron chi connectivity index (χ3n) is 3.25. The van der Waals surface area contributed by atoms with Crippen LogP contribution in [0.25, 0.3) is 22.3 Å². The molecule has 0 radical (unpaired) electrons. The topological polar surface area (TPSA) is 108 Å². The smallest absolute Gasteiger partial charge is 0.320 e. The molecule has 144 valence electrons. The van der Waals surface area contributed by atoms with E-state index in [1.165, 1.54) is 12.3 Å². The molecule has 0 spiro atoms. The van der Waals surface area contributed by atoms with Gasteiger partial charge in [0.25, 0.3) is 5.56 Å². The van der Waals surface area contributed by atoms with Gasteiger partial charge in [-0.25, -0.2) is 4.98 Å². The largest absolute Gasteiger partial charge is 0.471 e. The average molecular weight is 375 g/mol. The summed E-state index contributed by atoms with van der Waals surface area (Å²) in [4.78, 5) is 20.9. The number of hydrogen-bond acceptors (Lipinski definition) is 7. The molecule has 3 heterocycles. The second-order valence-corrected chi connectivity index (χ2v) is 8.04. The van der Waals surface area contributed by atoms with Crippen molar-refractivity contribution in [2.24, 2.45) is 6.98 Å². The van der Waals surface area contributed by atoms with Crippen molar-refractivity contribution in [1.82, 2.24) is 29.9 Å². The Morgan fingerprint density at radius 1 is 1.11 bits per heavy atom. The maximum absolute atomic E-state index is 12.3. The number of aryl methyl sites for hydroxylation is 1. The summed E-state index contributed by atoms with van der Waals surface area (Å²) in [6.45, 7) is 8.60. The molecule has 9 nitrogen and oxygen atoms in total. The van der Waals surface area contributed by atoms with Crippen LogP contribution in [0.2, 0.25) is 0 Å². The monoisotopic (exact) mass is 375 g/mol. The summed E-state index contributed by atoms with van der Waals surface area (Å²) >= 11 is 0. The first-order valence-corrected chi connectivity index (χ1v) is 8.38. The molecular formula is C18H24N6O3. The summed E-state index contributed by atoms with van der Waals surface area (Å²) in [6, 6.07) is 1.56. The molecule has 0 atom stereocenters. The molecule has 3 aromatic heterocycles. The second-order valence-electron chi connectivity index (χ2n) is 8.04. The fourth-order valence-corrected chi connectivity index (χ4v) is 2.28. The Balaban J connectivity index is 2.15. The van der Waals surface area contributed by atoms with Crippen LogP contribution in [-0.2, 0) is 6.98 Å². The van der Waals surface area contributed by atoms with Gasteiger partial charge in [0.2, 0.25) is 5.88 Å². The summed E-state index contributed by atoms with van der Waals surface area (Å²) in [5.41, 5.74) is -1.11. The van der Waals surface area contributed by atoms with Gasteiger partial charge >= 0.3 is 6.01 Å². The van der Waals surface area contributed by atoms with Crippen LogP contribution in [0.3, 0.4) is 0 Å². The normalized spacial score (nSPS) is 14.5. The first-order valence-electron chi connectivity index (χ1n) is 9.88. The Hall–Kier alpha value is -2.97. The first kappa shape index (κ1) is 15.1. The van der Waals surface area contributed by atoms with Crippen LogP contribution in [0.15, 0.2) is 17.1 Å². The summed E-state index contributed by atoms with van der Waals surface area (Å²) in [5, 5.41) is 10.4. The van der Waals surface area contributed by atoms with E-state index in [4.69, 9.17) is 13.6 Å². The minimum Gasteiger partial charge on any atom is -0.471 e. The van der Waals surface area contributed by atoms with Crippen molar-refractivity contribution < 1.29 is 13.6 Å². The molecule has 0 aliphatic carbocycles. The van der Waals surface area contributed by atoms with E-state index in [1.54, 1.807) is 0 Å². The number of aromatic amines is 1. The molecule has 0 saturated carbocycles. The third-order valence-corrected chi connectivity index (χ3v) is 3.25. The summed E-state index contributed by atoms with van der Waals surface area (Å²) < 4.78 is 35.0. The Morgan fingerprint density at radius 2 is 1.81 bits per heavy atom. The second kappa shape index (κ2) is 6.33. The van der Waals surface area contributed by atoms with Crippen molar-refractivity contribution in [2.45, 2.75) is 52.7 Å². The Bertz CT molecular complexity index is 1140. The predicted octanol–water partition coefficient (Wildman–Crippen LogP) is 2.47. The number of rotatable bonds is 3. The van der Waals surface area contributed by atoms with Crippen molar-refractivity contribution in [2.75, 3.05) is 0 Å². The number of aromatic nitrogens is 6. The molecule has 3 rings (SSSR count). The minimum absolute atomic E-state index is 0.0735. The van der Waals surface area contributed by atoms with E-state index < -0.39 is 23.7 Å². The van der Waals surface area contributed by atoms with E-state index in [0.717, 1.165) is 0 Å². The molecule has 3 aromatic rings. The molecule has 0 unspecified atom stereocenters. The lowest BCUT2D eigenvalue weighted by Gasteiger charge is -2.24.